The number of anilines is 2. The number of nitrogens with zero attached hydrogens (tertiary/aromatic N) is 1. The lowest BCUT2D eigenvalue weighted by Crippen LogP contribution is -2.33. The standard InChI is InChI=1S/C26H23ClN2O2S/c1-4-18-7-5-6-8-21(18)28-23-24(32-20-13-11-19(27)12-14-20)26(31)29(25(23)30)22-15-16(2)9-10-17(22)3/h5-15,28H,4H2,1-3H3. The molecule has 4 nitrogen and oxygen atoms in total. The van der Waals surface area contributed by atoms with E-state index in [2.05, 4.69) is 12.2 Å². The number of rotatable bonds is 6. The molecule has 0 aliphatic carbocycles. The second kappa shape index (κ2) is 9.23. The van der Waals surface area contributed by atoms with Crippen LogP contribution in [0.25, 0.3) is 0 Å². The zero-order valence-corrected chi connectivity index (χ0v) is 19.7. The molecule has 3 aromatic carbocycles. The van der Waals surface area contributed by atoms with Crippen molar-refractivity contribution >= 4 is 46.6 Å². The van der Waals surface area contributed by atoms with Crippen LogP contribution in [0.3, 0.4) is 0 Å². The number of hydrogen-bond donors (Lipinski definition) is 1. The van der Waals surface area contributed by atoms with Crippen molar-refractivity contribution in [3.63, 3.8) is 0 Å². The first kappa shape index (κ1) is 22.2. The molecule has 1 aliphatic heterocycles. The van der Waals surface area contributed by atoms with Crippen LogP contribution in [0.1, 0.15) is 23.6 Å². The second-order valence-electron chi connectivity index (χ2n) is 7.63. The number of halogens is 1. The summed E-state index contributed by atoms with van der Waals surface area (Å²) in [6.07, 6.45) is 0.805. The number of imide groups is 1. The Morgan fingerprint density at radius 2 is 1.66 bits per heavy atom. The molecule has 1 aliphatic rings. The van der Waals surface area contributed by atoms with Crippen LogP contribution in [0, 0.1) is 13.8 Å². The number of carbonyl (C=O) groups excluding carboxylic acids is 2. The minimum atomic E-state index is -0.355. The number of nitrogens with one attached hydrogen (secondary N) is 1. The normalized spacial score (nSPS) is 13.8. The molecule has 0 radical (unpaired) electrons. The van der Waals surface area contributed by atoms with Crippen molar-refractivity contribution in [3.05, 3.63) is 99.0 Å². The Hall–Kier alpha value is -3.02. The molecule has 3 aromatic rings. The van der Waals surface area contributed by atoms with Crippen LogP contribution in [-0.4, -0.2) is 11.8 Å². The summed E-state index contributed by atoms with van der Waals surface area (Å²) in [6.45, 7) is 5.91. The van der Waals surface area contributed by atoms with Gasteiger partial charge in [-0.2, -0.15) is 0 Å². The topological polar surface area (TPSA) is 49.4 Å². The lowest BCUT2D eigenvalue weighted by molar-refractivity contribution is -0.120. The Balaban J connectivity index is 1.79. The average Bonchev–Trinajstić information content (AvgIpc) is 3.01. The van der Waals surface area contributed by atoms with E-state index in [0.717, 1.165) is 33.7 Å². The Morgan fingerprint density at radius 3 is 2.38 bits per heavy atom. The van der Waals surface area contributed by atoms with Gasteiger partial charge >= 0.3 is 0 Å². The van der Waals surface area contributed by atoms with Gasteiger partial charge in [-0.25, -0.2) is 4.90 Å². The molecule has 0 fully saturated rings. The molecule has 6 heteroatoms. The van der Waals surface area contributed by atoms with Crippen LogP contribution in [0.4, 0.5) is 11.4 Å². The Bertz CT molecular complexity index is 1230. The number of amides is 2. The predicted octanol–water partition coefficient (Wildman–Crippen LogP) is 6.51. The van der Waals surface area contributed by atoms with E-state index in [1.807, 2.05) is 68.4 Å². The van der Waals surface area contributed by atoms with Gasteiger partial charge in [0.1, 0.15) is 10.6 Å². The fraction of sp³-hybridized carbons (Fsp3) is 0.154. The maximum absolute atomic E-state index is 13.6. The highest BCUT2D eigenvalue weighted by molar-refractivity contribution is 8.04. The Labute approximate surface area is 197 Å². The van der Waals surface area contributed by atoms with E-state index in [9.17, 15) is 9.59 Å². The summed E-state index contributed by atoms with van der Waals surface area (Å²) in [5.74, 6) is -0.689. The van der Waals surface area contributed by atoms with E-state index >= 15 is 0 Å². The summed E-state index contributed by atoms with van der Waals surface area (Å²) in [4.78, 5) is 29.6. The van der Waals surface area contributed by atoms with E-state index in [-0.39, 0.29) is 17.5 Å². The van der Waals surface area contributed by atoms with Crippen molar-refractivity contribution in [2.75, 3.05) is 10.2 Å². The summed E-state index contributed by atoms with van der Waals surface area (Å²) < 4.78 is 0. The molecule has 0 bridgehead atoms. The van der Waals surface area contributed by atoms with E-state index in [4.69, 9.17) is 11.6 Å². The summed E-state index contributed by atoms with van der Waals surface area (Å²) >= 11 is 7.29. The number of aryl methyl sites for hydroxylation is 3. The van der Waals surface area contributed by atoms with Gasteiger partial charge in [-0.1, -0.05) is 60.6 Å². The largest absolute Gasteiger partial charge is 0.350 e. The fourth-order valence-corrected chi connectivity index (χ4v) is 4.65. The third kappa shape index (κ3) is 4.31. The molecule has 0 unspecified atom stereocenters. The van der Waals surface area contributed by atoms with Crippen molar-refractivity contribution in [3.8, 4) is 0 Å². The van der Waals surface area contributed by atoms with Crippen molar-refractivity contribution in [2.45, 2.75) is 32.1 Å². The summed E-state index contributed by atoms with van der Waals surface area (Å²) in [7, 11) is 0. The number of para-hydroxylation sites is 1. The highest BCUT2D eigenvalue weighted by atomic mass is 35.5. The van der Waals surface area contributed by atoms with Gasteiger partial charge in [-0.3, -0.25) is 9.59 Å². The smallest absolute Gasteiger partial charge is 0.283 e. The zero-order chi connectivity index (χ0) is 22.8. The molecule has 1 N–H and O–H groups in total. The molecule has 1 heterocycles. The lowest BCUT2D eigenvalue weighted by Gasteiger charge is -2.18. The van der Waals surface area contributed by atoms with E-state index < -0.39 is 0 Å². The van der Waals surface area contributed by atoms with Gasteiger partial charge in [0.05, 0.1) is 5.69 Å². The molecule has 32 heavy (non-hydrogen) atoms. The fourth-order valence-electron chi connectivity index (χ4n) is 3.60. The van der Waals surface area contributed by atoms with Gasteiger partial charge in [-0.15, -0.1) is 0 Å². The first-order chi connectivity index (χ1) is 15.4. The third-order valence-electron chi connectivity index (χ3n) is 5.34. The minimum absolute atomic E-state index is 0.289. The lowest BCUT2D eigenvalue weighted by atomic mass is 10.1. The molecular weight excluding hydrogens is 440 g/mol. The zero-order valence-electron chi connectivity index (χ0n) is 18.1. The molecular formula is C26H23ClN2O2S. The number of thioether (sulfide) groups is 1. The highest BCUT2D eigenvalue weighted by Gasteiger charge is 2.41. The summed E-state index contributed by atoms with van der Waals surface area (Å²) in [6, 6.07) is 20.8. The molecule has 0 saturated carbocycles. The SMILES string of the molecule is CCc1ccccc1NC1=C(Sc2ccc(Cl)cc2)C(=O)N(c2cc(C)ccc2C)C1=O. The van der Waals surface area contributed by atoms with Crippen LogP contribution in [0.15, 0.2) is 82.2 Å². The summed E-state index contributed by atoms with van der Waals surface area (Å²) in [5.41, 5.74) is 4.63. The first-order valence-electron chi connectivity index (χ1n) is 10.4. The molecule has 4 rings (SSSR count). The Kier molecular flexibility index (Phi) is 6.40. The minimum Gasteiger partial charge on any atom is -0.350 e. The summed E-state index contributed by atoms with van der Waals surface area (Å²) in [5, 5.41) is 3.89. The van der Waals surface area contributed by atoms with Gasteiger partial charge < -0.3 is 5.32 Å². The van der Waals surface area contributed by atoms with Crippen LogP contribution in [0.5, 0.6) is 0 Å². The van der Waals surface area contributed by atoms with Crippen molar-refractivity contribution in [2.24, 2.45) is 0 Å². The van der Waals surface area contributed by atoms with Crippen LogP contribution in [0.2, 0.25) is 5.02 Å². The van der Waals surface area contributed by atoms with E-state index in [1.54, 1.807) is 12.1 Å². The van der Waals surface area contributed by atoms with Crippen molar-refractivity contribution < 1.29 is 9.59 Å². The maximum atomic E-state index is 13.6. The molecule has 2 amide bonds. The number of benzene rings is 3. The molecule has 162 valence electrons. The van der Waals surface area contributed by atoms with E-state index in [1.165, 1.54) is 16.7 Å². The molecule has 0 saturated heterocycles. The Morgan fingerprint density at radius 1 is 0.938 bits per heavy atom. The maximum Gasteiger partial charge on any atom is 0.283 e. The number of carbonyl (C=O) groups is 2. The molecule has 0 atom stereocenters. The van der Waals surface area contributed by atoms with Gasteiger partial charge in [0, 0.05) is 15.6 Å². The highest BCUT2D eigenvalue weighted by Crippen LogP contribution is 2.39. The van der Waals surface area contributed by atoms with Gasteiger partial charge in [0.25, 0.3) is 11.8 Å². The predicted molar refractivity (Wildman–Crippen MR) is 132 cm³/mol. The van der Waals surface area contributed by atoms with E-state index in [0.29, 0.717) is 15.6 Å². The van der Waals surface area contributed by atoms with Gasteiger partial charge in [0.2, 0.25) is 0 Å². The number of hydrogen-bond acceptors (Lipinski definition) is 4. The van der Waals surface area contributed by atoms with Crippen LogP contribution >= 0.6 is 23.4 Å². The average molecular weight is 463 g/mol. The van der Waals surface area contributed by atoms with Crippen molar-refractivity contribution in [1.82, 2.24) is 0 Å². The van der Waals surface area contributed by atoms with Crippen LogP contribution in [-0.2, 0) is 16.0 Å². The monoisotopic (exact) mass is 462 g/mol. The second-order valence-corrected chi connectivity index (χ2v) is 9.15. The molecule has 0 spiro atoms. The first-order valence-corrected chi connectivity index (χ1v) is 11.6. The third-order valence-corrected chi connectivity index (χ3v) is 6.68. The van der Waals surface area contributed by atoms with Crippen molar-refractivity contribution in [1.29, 1.82) is 0 Å². The van der Waals surface area contributed by atoms with Crippen LogP contribution < -0.4 is 10.2 Å². The van der Waals surface area contributed by atoms with Gasteiger partial charge in [0.15, 0.2) is 0 Å². The quantitative estimate of drug-likeness (QED) is 0.424. The molecule has 0 aromatic heterocycles. The van der Waals surface area contributed by atoms with Gasteiger partial charge in [-0.05, 0) is 73.4 Å².